The monoisotopic (exact) mass is 347 g/mol. The first kappa shape index (κ1) is 16.3. The molecule has 0 bridgehead atoms. The average molecular weight is 347 g/mol. The largest absolute Gasteiger partial charge is 0.363 e. The van der Waals surface area contributed by atoms with Crippen LogP contribution in [0.25, 0.3) is 0 Å². The number of aromatic nitrogens is 3. The Hall–Kier alpha value is -3.15. The van der Waals surface area contributed by atoms with E-state index in [4.69, 9.17) is 0 Å². The van der Waals surface area contributed by atoms with E-state index in [1.165, 1.54) is 11.1 Å². The fourth-order valence-electron chi connectivity index (χ4n) is 3.26. The second-order valence-electron chi connectivity index (χ2n) is 6.65. The molecule has 0 radical (unpaired) electrons. The molecule has 1 atom stereocenters. The van der Waals surface area contributed by atoms with E-state index in [0.717, 1.165) is 24.6 Å². The van der Waals surface area contributed by atoms with Gasteiger partial charge in [-0.15, -0.1) is 0 Å². The van der Waals surface area contributed by atoms with Crippen LogP contribution in [-0.4, -0.2) is 21.1 Å². The number of nitrogens with zero attached hydrogens (tertiary/aromatic N) is 3. The smallest absolute Gasteiger partial charge is 0.251 e. The number of aryl methyl sites for hydroxylation is 1. The highest BCUT2D eigenvalue weighted by Crippen LogP contribution is 2.28. The minimum atomic E-state index is -0.257. The second kappa shape index (κ2) is 6.63. The summed E-state index contributed by atoms with van der Waals surface area (Å²) >= 11 is 0. The van der Waals surface area contributed by atoms with Gasteiger partial charge in [-0.25, -0.2) is 4.98 Å². The fraction of sp³-hybridized carbons (Fsp3) is 0.250. The summed E-state index contributed by atoms with van der Waals surface area (Å²) in [4.78, 5) is 19.2. The Labute approximate surface area is 152 Å². The Bertz CT molecular complexity index is 924. The zero-order valence-electron chi connectivity index (χ0n) is 14.9. The highest BCUT2D eigenvalue weighted by atomic mass is 16.1. The molecule has 1 aliphatic heterocycles. The molecule has 132 valence electrons. The van der Waals surface area contributed by atoms with Crippen LogP contribution >= 0.6 is 0 Å². The van der Waals surface area contributed by atoms with Crippen molar-refractivity contribution in [2.75, 3.05) is 4.90 Å². The van der Waals surface area contributed by atoms with Crippen molar-refractivity contribution in [2.45, 2.75) is 33.0 Å². The van der Waals surface area contributed by atoms with Gasteiger partial charge in [-0.1, -0.05) is 30.3 Å². The molecule has 1 aliphatic rings. The van der Waals surface area contributed by atoms with Crippen molar-refractivity contribution in [3.05, 3.63) is 76.9 Å². The molecular weight excluding hydrogens is 326 g/mol. The van der Waals surface area contributed by atoms with Crippen LogP contribution in [0.5, 0.6) is 0 Å². The third-order valence-corrected chi connectivity index (χ3v) is 4.66. The number of carbonyl (C=O) groups excluding carboxylic acids is 1. The summed E-state index contributed by atoms with van der Waals surface area (Å²) in [5.41, 5.74) is 4.37. The van der Waals surface area contributed by atoms with E-state index >= 15 is 0 Å². The quantitative estimate of drug-likeness (QED) is 0.760. The van der Waals surface area contributed by atoms with Crippen molar-refractivity contribution in [1.29, 1.82) is 0 Å². The Kier molecular flexibility index (Phi) is 4.16. The summed E-state index contributed by atoms with van der Waals surface area (Å²) in [5, 5.41) is 9.86. The van der Waals surface area contributed by atoms with Crippen molar-refractivity contribution >= 4 is 11.6 Å². The molecule has 4 rings (SSSR count). The number of fused-ring (bicyclic) bond motifs is 1. The second-order valence-corrected chi connectivity index (χ2v) is 6.65. The molecule has 2 aromatic carbocycles. The molecule has 0 spiro atoms. The van der Waals surface area contributed by atoms with Gasteiger partial charge in [0.1, 0.15) is 5.82 Å². The Morgan fingerprint density at radius 3 is 2.54 bits per heavy atom. The summed E-state index contributed by atoms with van der Waals surface area (Å²) in [6.45, 7) is 5.45. The highest BCUT2D eigenvalue weighted by Gasteiger charge is 2.20. The number of H-pyrrole nitrogens is 1. The number of amides is 1. The van der Waals surface area contributed by atoms with Crippen LogP contribution in [0.3, 0.4) is 0 Å². The maximum absolute atomic E-state index is 12.6. The van der Waals surface area contributed by atoms with E-state index in [1.807, 2.05) is 38.1 Å². The van der Waals surface area contributed by atoms with Crippen LogP contribution in [0.2, 0.25) is 0 Å². The molecule has 6 heteroatoms. The Balaban J connectivity index is 1.48. The van der Waals surface area contributed by atoms with Gasteiger partial charge in [-0.05, 0) is 43.2 Å². The summed E-state index contributed by atoms with van der Waals surface area (Å²) in [6, 6.07) is 15.9. The van der Waals surface area contributed by atoms with Gasteiger partial charge in [-0.3, -0.25) is 9.89 Å². The Morgan fingerprint density at radius 1 is 1.15 bits per heavy atom. The molecule has 0 fully saturated rings. The molecule has 26 heavy (non-hydrogen) atoms. The molecule has 2 N–H and O–H groups in total. The van der Waals surface area contributed by atoms with Gasteiger partial charge in [-0.2, -0.15) is 5.10 Å². The summed E-state index contributed by atoms with van der Waals surface area (Å²) in [6.07, 6.45) is 0. The van der Waals surface area contributed by atoms with Gasteiger partial charge in [0.2, 0.25) is 0 Å². The van der Waals surface area contributed by atoms with Gasteiger partial charge < -0.3 is 10.2 Å². The van der Waals surface area contributed by atoms with Crippen LogP contribution < -0.4 is 10.2 Å². The average Bonchev–Trinajstić information content (AvgIpc) is 3.28. The lowest BCUT2D eigenvalue weighted by Crippen LogP contribution is -2.27. The molecular formula is C20H21N5O. The van der Waals surface area contributed by atoms with Crippen molar-refractivity contribution in [3.63, 3.8) is 0 Å². The highest BCUT2D eigenvalue weighted by molar-refractivity contribution is 5.95. The van der Waals surface area contributed by atoms with E-state index in [-0.39, 0.29) is 11.9 Å². The van der Waals surface area contributed by atoms with E-state index in [0.29, 0.717) is 11.4 Å². The van der Waals surface area contributed by atoms with E-state index in [9.17, 15) is 4.79 Å². The topological polar surface area (TPSA) is 73.9 Å². The maximum atomic E-state index is 12.6. The van der Waals surface area contributed by atoms with Crippen LogP contribution in [0.4, 0.5) is 5.69 Å². The van der Waals surface area contributed by atoms with Crippen molar-refractivity contribution in [1.82, 2.24) is 20.5 Å². The number of carbonyl (C=O) groups is 1. The third kappa shape index (κ3) is 3.18. The van der Waals surface area contributed by atoms with Gasteiger partial charge >= 0.3 is 0 Å². The van der Waals surface area contributed by atoms with Crippen molar-refractivity contribution in [2.24, 2.45) is 0 Å². The predicted molar refractivity (Wildman–Crippen MR) is 99.8 cm³/mol. The molecule has 0 aliphatic carbocycles. The molecule has 6 nitrogen and oxygen atoms in total. The van der Waals surface area contributed by atoms with Gasteiger partial charge in [0.05, 0.1) is 6.04 Å². The number of nitrogens with one attached hydrogen (secondary N) is 2. The first-order valence-electron chi connectivity index (χ1n) is 8.72. The van der Waals surface area contributed by atoms with Crippen LogP contribution in [0.15, 0.2) is 48.5 Å². The van der Waals surface area contributed by atoms with Gasteiger partial charge in [0, 0.05) is 24.3 Å². The van der Waals surface area contributed by atoms with E-state index in [2.05, 4.69) is 49.7 Å². The van der Waals surface area contributed by atoms with Crippen molar-refractivity contribution < 1.29 is 4.79 Å². The maximum Gasteiger partial charge on any atom is 0.251 e. The van der Waals surface area contributed by atoms with E-state index in [1.54, 1.807) is 0 Å². The number of benzene rings is 2. The minimum absolute atomic E-state index is 0.126. The molecule has 0 saturated carbocycles. The summed E-state index contributed by atoms with van der Waals surface area (Å²) < 4.78 is 0. The lowest BCUT2D eigenvalue weighted by atomic mass is 10.1. The molecule has 1 aromatic heterocycles. The first-order valence-corrected chi connectivity index (χ1v) is 8.72. The number of hydrogen-bond acceptors (Lipinski definition) is 4. The SMILES string of the molecule is Cc1nc([C@@H](C)NC(=O)c2cccc(N3Cc4ccccc4C3)c2)n[nH]1. The molecule has 0 unspecified atom stereocenters. The standard InChI is InChI=1S/C20H21N5O/c1-13(19-22-14(2)23-24-19)21-20(26)15-8-5-9-18(10-15)25-11-16-6-3-4-7-17(16)12-25/h3-10,13H,11-12H2,1-2H3,(H,21,26)(H,22,23,24)/t13-/m1/s1. The van der Waals surface area contributed by atoms with E-state index < -0.39 is 0 Å². The lowest BCUT2D eigenvalue weighted by Gasteiger charge is -2.19. The molecule has 1 amide bonds. The van der Waals surface area contributed by atoms with Gasteiger partial charge in [0.15, 0.2) is 5.82 Å². The fourth-order valence-corrected chi connectivity index (χ4v) is 3.26. The number of aromatic amines is 1. The van der Waals surface area contributed by atoms with Crippen LogP contribution in [0, 0.1) is 6.92 Å². The predicted octanol–water partition coefficient (Wildman–Crippen LogP) is 3.12. The van der Waals surface area contributed by atoms with Crippen molar-refractivity contribution in [3.8, 4) is 0 Å². The molecule has 3 aromatic rings. The molecule has 2 heterocycles. The minimum Gasteiger partial charge on any atom is -0.363 e. The lowest BCUT2D eigenvalue weighted by molar-refractivity contribution is 0.0938. The molecule has 0 saturated heterocycles. The van der Waals surface area contributed by atoms with Crippen LogP contribution in [0.1, 0.15) is 46.1 Å². The van der Waals surface area contributed by atoms with Crippen LogP contribution in [-0.2, 0) is 13.1 Å². The third-order valence-electron chi connectivity index (χ3n) is 4.66. The number of anilines is 1. The zero-order valence-corrected chi connectivity index (χ0v) is 14.9. The number of rotatable bonds is 4. The Morgan fingerprint density at radius 2 is 1.88 bits per heavy atom. The normalized spacial score (nSPS) is 14.2. The summed E-state index contributed by atoms with van der Waals surface area (Å²) in [7, 11) is 0. The van der Waals surface area contributed by atoms with Gasteiger partial charge in [0.25, 0.3) is 5.91 Å². The summed E-state index contributed by atoms with van der Waals surface area (Å²) in [5.74, 6) is 1.19. The first-order chi connectivity index (χ1) is 12.6. The zero-order chi connectivity index (χ0) is 18.1. The number of hydrogen-bond donors (Lipinski definition) is 2.